The minimum Gasteiger partial charge on any atom is -0.444 e. The molecule has 2 saturated heterocycles. The Kier molecular flexibility index (Phi) is 8.25. The molecule has 2 aromatic carbocycles. The largest absolute Gasteiger partial charge is 0.444 e. The Morgan fingerprint density at radius 1 is 1.16 bits per heavy atom. The van der Waals surface area contributed by atoms with Gasteiger partial charge in [-0.15, -0.1) is 0 Å². The van der Waals surface area contributed by atoms with Crippen LogP contribution in [0.5, 0.6) is 0 Å². The van der Waals surface area contributed by atoms with Crippen LogP contribution in [0, 0.1) is 0 Å². The van der Waals surface area contributed by atoms with Crippen molar-refractivity contribution in [3.8, 4) is 0 Å². The Labute approximate surface area is 253 Å². The lowest BCUT2D eigenvalue weighted by Crippen LogP contribution is -2.55. The van der Waals surface area contributed by atoms with E-state index in [0.717, 1.165) is 11.0 Å². The molecule has 1 aromatic heterocycles. The molecule has 14 heteroatoms. The summed E-state index contributed by atoms with van der Waals surface area (Å²) in [5, 5.41) is 6.55. The smallest absolute Gasteiger partial charge is 0.416 e. The molecule has 0 unspecified atom stereocenters. The third kappa shape index (κ3) is 6.52. The van der Waals surface area contributed by atoms with E-state index in [2.05, 4.69) is 10.2 Å². The number of halogens is 5. The molecule has 5 rings (SSSR count). The second kappa shape index (κ2) is 11.5. The molecule has 3 heterocycles. The summed E-state index contributed by atoms with van der Waals surface area (Å²) in [5.41, 5.74) is -0.680. The molecule has 228 valence electrons. The van der Waals surface area contributed by atoms with Crippen LogP contribution in [-0.4, -0.2) is 68.1 Å². The molecule has 2 atom stereocenters. The average molecular weight is 639 g/mol. The quantitative estimate of drug-likeness (QED) is 0.239. The highest BCUT2D eigenvalue weighted by atomic mass is 35.5. The van der Waals surface area contributed by atoms with E-state index in [0.29, 0.717) is 28.2 Å². The number of aromatic amines is 1. The van der Waals surface area contributed by atoms with E-state index in [1.54, 1.807) is 39.0 Å². The number of thioether (sulfide) groups is 1. The number of fused-ring (bicyclic) bond motifs is 1. The lowest BCUT2D eigenvalue weighted by atomic mass is 9.93. The third-order valence-electron chi connectivity index (χ3n) is 7.10. The van der Waals surface area contributed by atoms with Crippen molar-refractivity contribution in [3.05, 3.63) is 69.2 Å². The highest BCUT2D eigenvalue weighted by molar-refractivity contribution is 8.18. The van der Waals surface area contributed by atoms with Crippen molar-refractivity contribution in [2.45, 2.75) is 57.6 Å². The Balaban J connectivity index is 1.51. The van der Waals surface area contributed by atoms with Gasteiger partial charge in [0.1, 0.15) is 11.8 Å². The average Bonchev–Trinajstić information content (AvgIpc) is 3.49. The van der Waals surface area contributed by atoms with Gasteiger partial charge in [-0.05, 0) is 86.3 Å². The number of H-pyrrole nitrogens is 1. The number of nitrogens with one attached hydrogen (secondary N) is 1. The monoisotopic (exact) mass is 638 g/mol. The van der Waals surface area contributed by atoms with Crippen molar-refractivity contribution in [3.63, 3.8) is 0 Å². The molecule has 3 amide bonds. The van der Waals surface area contributed by atoms with Gasteiger partial charge in [-0.1, -0.05) is 23.7 Å². The first-order valence-corrected chi connectivity index (χ1v) is 14.5. The predicted molar refractivity (Wildman–Crippen MR) is 154 cm³/mol. The van der Waals surface area contributed by atoms with Crippen LogP contribution in [0.4, 0.5) is 27.2 Å². The van der Waals surface area contributed by atoms with Gasteiger partial charge in [0.25, 0.3) is 11.1 Å². The first-order chi connectivity index (χ1) is 20.1. The maximum atomic E-state index is 15.5. The molecular weight excluding hydrogens is 612 g/mol. The number of piperidine rings is 1. The van der Waals surface area contributed by atoms with Crippen molar-refractivity contribution in [2.24, 2.45) is 0 Å². The number of ether oxygens (including phenoxy) is 1. The molecule has 0 spiro atoms. The number of aromatic nitrogens is 2. The number of allylic oxidation sites excluding steroid dienone is 1. The van der Waals surface area contributed by atoms with Crippen LogP contribution in [0.25, 0.3) is 16.5 Å². The van der Waals surface area contributed by atoms with Gasteiger partial charge in [-0.25, -0.2) is 9.18 Å². The van der Waals surface area contributed by atoms with E-state index in [-0.39, 0.29) is 47.0 Å². The molecular formula is C29H27ClF4N4O4S. The third-order valence-corrected chi connectivity index (χ3v) is 8.33. The Morgan fingerprint density at radius 3 is 2.58 bits per heavy atom. The zero-order valence-corrected chi connectivity index (χ0v) is 24.9. The summed E-state index contributed by atoms with van der Waals surface area (Å²) in [6, 6.07) is 7.13. The maximum Gasteiger partial charge on any atom is 0.416 e. The minimum atomic E-state index is -4.73. The van der Waals surface area contributed by atoms with Crippen molar-refractivity contribution in [1.29, 1.82) is 0 Å². The summed E-state index contributed by atoms with van der Waals surface area (Å²) in [4.78, 5) is 41.4. The molecule has 0 saturated carbocycles. The Morgan fingerprint density at radius 2 is 1.91 bits per heavy atom. The zero-order chi connectivity index (χ0) is 31.3. The molecule has 43 heavy (non-hydrogen) atoms. The van der Waals surface area contributed by atoms with Crippen LogP contribution in [0.3, 0.4) is 0 Å². The molecule has 0 radical (unpaired) electrons. The van der Waals surface area contributed by atoms with E-state index < -0.39 is 46.8 Å². The van der Waals surface area contributed by atoms with E-state index in [1.807, 2.05) is 0 Å². The zero-order valence-electron chi connectivity index (χ0n) is 23.3. The molecule has 1 N–H and O–H groups in total. The number of nitrogens with zero attached hydrogens (tertiary/aromatic N) is 3. The van der Waals surface area contributed by atoms with Crippen LogP contribution in [-0.2, 0) is 22.1 Å². The van der Waals surface area contributed by atoms with Crippen LogP contribution in [0.15, 0.2) is 47.5 Å². The number of carbonyl (C=O) groups is 3. The minimum absolute atomic E-state index is 0.0303. The molecule has 8 nitrogen and oxygen atoms in total. The fraction of sp³-hybridized carbons (Fsp3) is 0.379. The van der Waals surface area contributed by atoms with Gasteiger partial charge in [0.15, 0.2) is 0 Å². The topological polar surface area (TPSA) is 95.6 Å². The van der Waals surface area contributed by atoms with Crippen molar-refractivity contribution in [1.82, 2.24) is 20.0 Å². The number of benzene rings is 2. The lowest BCUT2D eigenvalue weighted by molar-refractivity contribution is -0.138. The van der Waals surface area contributed by atoms with Crippen molar-refractivity contribution < 1.29 is 36.7 Å². The maximum absolute atomic E-state index is 15.5. The van der Waals surface area contributed by atoms with Crippen molar-refractivity contribution >= 4 is 57.1 Å². The van der Waals surface area contributed by atoms with Gasteiger partial charge in [0.05, 0.1) is 34.8 Å². The van der Waals surface area contributed by atoms with Crippen LogP contribution < -0.4 is 0 Å². The number of rotatable bonds is 4. The van der Waals surface area contributed by atoms with Gasteiger partial charge in [-0.2, -0.15) is 18.3 Å². The van der Waals surface area contributed by atoms with E-state index in [4.69, 9.17) is 16.3 Å². The van der Waals surface area contributed by atoms with Crippen molar-refractivity contribution in [2.75, 3.05) is 13.1 Å². The molecule has 2 aliphatic rings. The Bertz CT molecular complexity index is 1630. The van der Waals surface area contributed by atoms with Crippen LogP contribution in [0.2, 0.25) is 5.02 Å². The molecule has 2 aliphatic heterocycles. The number of imide groups is 1. The summed E-state index contributed by atoms with van der Waals surface area (Å²) >= 11 is 6.43. The van der Waals surface area contributed by atoms with Crippen LogP contribution in [0.1, 0.15) is 43.9 Å². The second-order valence-corrected chi connectivity index (χ2v) is 12.7. The number of hydrogen-bond donors (Lipinski definition) is 1. The van der Waals surface area contributed by atoms with Gasteiger partial charge in [0, 0.05) is 17.0 Å². The van der Waals surface area contributed by atoms with Gasteiger partial charge >= 0.3 is 12.3 Å². The first kappa shape index (κ1) is 30.9. The normalized spacial score (nSPS) is 21.1. The Hall–Kier alpha value is -3.58. The molecule has 0 bridgehead atoms. The van der Waals surface area contributed by atoms with Crippen LogP contribution >= 0.6 is 23.4 Å². The summed E-state index contributed by atoms with van der Waals surface area (Å²) in [5.74, 6) is -0.807. The van der Waals surface area contributed by atoms with Gasteiger partial charge in [-0.3, -0.25) is 19.6 Å². The summed E-state index contributed by atoms with van der Waals surface area (Å²) < 4.78 is 62.8. The predicted octanol–water partition coefficient (Wildman–Crippen LogP) is 7.23. The highest BCUT2D eigenvalue weighted by Gasteiger charge is 2.47. The number of amides is 3. The molecule has 2 fully saturated rings. The van der Waals surface area contributed by atoms with E-state index >= 15 is 4.39 Å². The van der Waals surface area contributed by atoms with Gasteiger partial charge < -0.3 is 9.64 Å². The van der Waals surface area contributed by atoms with E-state index in [1.165, 1.54) is 23.2 Å². The summed E-state index contributed by atoms with van der Waals surface area (Å²) in [7, 11) is 0. The number of alkyl halides is 4. The molecule has 3 aromatic rings. The van der Waals surface area contributed by atoms with E-state index in [9.17, 15) is 27.6 Å². The SMILES string of the molecule is CC(C)(C)OC(=O)N1CC[C@H](N2C(=O)S/C(=C(/Cc3ccc(Cl)cc3C(F)(F)F)c3ccc4[nH]ncc4c3)C2=O)[C@@H](F)C1. The summed E-state index contributed by atoms with van der Waals surface area (Å²) in [6.45, 7) is 4.71. The first-order valence-electron chi connectivity index (χ1n) is 13.3. The fourth-order valence-corrected chi connectivity index (χ4v) is 6.29. The van der Waals surface area contributed by atoms with Gasteiger partial charge in [0.2, 0.25) is 0 Å². The highest BCUT2D eigenvalue weighted by Crippen LogP contribution is 2.43. The summed E-state index contributed by atoms with van der Waals surface area (Å²) in [6.07, 6.45) is -6.06. The lowest BCUT2D eigenvalue weighted by Gasteiger charge is -2.38. The standard InChI is InChI=1S/C29H27ClF4N4O4S/c1-28(2,3)42-26(40)37-9-8-23(21(31)14-37)38-25(39)24(43-27(38)41)19(15-5-7-22-17(10-15)13-35-36-22)11-16-4-6-18(30)12-20(16)29(32,33)34/h4-7,10,12-13,21,23H,8-9,11,14H2,1-3H3,(H,35,36)/b24-19-/t21-,23-/m0/s1. The number of likely N-dealkylation sites (tertiary alicyclic amines) is 1. The second-order valence-electron chi connectivity index (χ2n) is 11.3. The number of hydrogen-bond acceptors (Lipinski definition) is 6. The fourth-order valence-electron chi connectivity index (χ4n) is 5.13. The number of carbonyl (C=O) groups excluding carboxylic acids is 3. The molecule has 0 aliphatic carbocycles.